The van der Waals surface area contributed by atoms with Crippen molar-refractivity contribution >= 4 is 0 Å². The third-order valence-electron chi connectivity index (χ3n) is 2.27. The van der Waals surface area contributed by atoms with E-state index in [2.05, 4.69) is 4.74 Å². The molecule has 3 N–H and O–H groups in total. The molecule has 0 bridgehead atoms. The molecule has 0 saturated carbocycles. The first kappa shape index (κ1) is 13.6. The van der Waals surface area contributed by atoms with Gasteiger partial charge in [0.2, 0.25) is 0 Å². The Morgan fingerprint density at radius 3 is 2.41 bits per heavy atom. The highest BCUT2D eigenvalue weighted by molar-refractivity contribution is 5.52. The highest BCUT2D eigenvalue weighted by Crippen LogP contribution is 2.42. The maximum Gasteiger partial charge on any atom is 0.420 e. The predicted molar refractivity (Wildman–Crippen MR) is 57.0 cm³/mol. The lowest BCUT2D eigenvalue weighted by Gasteiger charge is -2.16. The summed E-state index contributed by atoms with van der Waals surface area (Å²) >= 11 is 0. The number of alkyl halides is 3. The van der Waals surface area contributed by atoms with E-state index in [0.29, 0.717) is 5.56 Å². The van der Waals surface area contributed by atoms with Crippen LogP contribution in [0.4, 0.5) is 13.2 Å². The second-order valence-electron chi connectivity index (χ2n) is 3.83. The van der Waals surface area contributed by atoms with E-state index in [-0.39, 0.29) is 12.5 Å². The highest BCUT2D eigenvalue weighted by Gasteiger charge is 2.36. The number of ether oxygens (including phenoxy) is 1. The molecular weight excluding hydrogens is 235 g/mol. The lowest BCUT2D eigenvalue weighted by Crippen LogP contribution is -2.18. The van der Waals surface area contributed by atoms with E-state index in [1.165, 1.54) is 6.07 Å². The number of aromatic hydroxyl groups is 1. The zero-order chi connectivity index (χ0) is 13.2. The average Bonchev–Trinajstić information content (AvgIpc) is 2.18. The fourth-order valence-electron chi connectivity index (χ4n) is 1.55. The Bertz CT molecular complexity index is 402. The quantitative estimate of drug-likeness (QED) is 0.864. The van der Waals surface area contributed by atoms with Crippen LogP contribution in [-0.2, 0) is 12.6 Å². The number of hydrogen-bond acceptors (Lipinski definition) is 3. The summed E-state index contributed by atoms with van der Waals surface area (Å²) in [7, 11) is 1.08. The van der Waals surface area contributed by atoms with Gasteiger partial charge in [-0.15, -0.1) is 0 Å². The molecule has 0 spiro atoms. The lowest BCUT2D eigenvalue weighted by atomic mass is 10.0. The molecule has 1 unspecified atom stereocenters. The number of nitrogens with two attached hydrogens (primary N) is 1. The van der Waals surface area contributed by atoms with Crippen LogP contribution in [0.2, 0.25) is 0 Å². The molecule has 0 aliphatic rings. The first-order valence-electron chi connectivity index (χ1n) is 4.99. The second kappa shape index (κ2) is 4.83. The number of rotatable bonds is 3. The fraction of sp³-hybridized carbons (Fsp3) is 0.455. The summed E-state index contributed by atoms with van der Waals surface area (Å²) in [5, 5.41) is 9.70. The minimum absolute atomic E-state index is 0.262. The molecule has 0 aromatic heterocycles. The third kappa shape index (κ3) is 3.03. The van der Waals surface area contributed by atoms with Crippen molar-refractivity contribution < 1.29 is 23.0 Å². The number of benzene rings is 1. The minimum Gasteiger partial charge on any atom is -0.504 e. The van der Waals surface area contributed by atoms with Crippen LogP contribution in [0.5, 0.6) is 11.5 Å². The van der Waals surface area contributed by atoms with E-state index in [1.807, 2.05) is 0 Å². The summed E-state index contributed by atoms with van der Waals surface area (Å²) in [4.78, 5) is 0. The van der Waals surface area contributed by atoms with Gasteiger partial charge in [-0.25, -0.2) is 0 Å². The summed E-state index contributed by atoms with van der Waals surface area (Å²) in [6, 6.07) is 1.84. The minimum atomic E-state index is -4.56. The Labute approximate surface area is 97.0 Å². The molecule has 0 aliphatic carbocycles. The third-order valence-corrected chi connectivity index (χ3v) is 2.27. The Kier molecular flexibility index (Phi) is 3.87. The molecule has 6 heteroatoms. The molecule has 1 aromatic rings. The van der Waals surface area contributed by atoms with Crippen LogP contribution < -0.4 is 10.5 Å². The second-order valence-corrected chi connectivity index (χ2v) is 3.83. The largest absolute Gasteiger partial charge is 0.504 e. The van der Waals surface area contributed by atoms with E-state index in [0.717, 1.165) is 13.2 Å². The van der Waals surface area contributed by atoms with E-state index < -0.39 is 23.2 Å². The van der Waals surface area contributed by atoms with Gasteiger partial charge >= 0.3 is 6.18 Å². The van der Waals surface area contributed by atoms with Crippen LogP contribution in [0.1, 0.15) is 18.1 Å². The van der Waals surface area contributed by atoms with Gasteiger partial charge in [-0.1, -0.05) is 6.07 Å². The summed E-state index contributed by atoms with van der Waals surface area (Å²) in [6.45, 7) is 1.70. The maximum atomic E-state index is 12.6. The van der Waals surface area contributed by atoms with Crippen molar-refractivity contribution in [3.63, 3.8) is 0 Å². The maximum absolute atomic E-state index is 12.6. The molecule has 0 saturated heterocycles. The molecule has 0 aliphatic heterocycles. The van der Waals surface area contributed by atoms with Crippen molar-refractivity contribution in [2.45, 2.75) is 25.6 Å². The van der Waals surface area contributed by atoms with E-state index in [9.17, 15) is 18.3 Å². The van der Waals surface area contributed by atoms with Crippen LogP contribution in [-0.4, -0.2) is 18.3 Å². The van der Waals surface area contributed by atoms with Crippen molar-refractivity contribution in [1.82, 2.24) is 0 Å². The van der Waals surface area contributed by atoms with Gasteiger partial charge in [0, 0.05) is 6.04 Å². The Morgan fingerprint density at radius 1 is 1.41 bits per heavy atom. The molecule has 0 heterocycles. The Morgan fingerprint density at radius 2 is 2.00 bits per heavy atom. The van der Waals surface area contributed by atoms with Crippen LogP contribution in [0.15, 0.2) is 12.1 Å². The van der Waals surface area contributed by atoms with Gasteiger partial charge in [-0.2, -0.15) is 13.2 Å². The number of methoxy groups -OCH3 is 1. The van der Waals surface area contributed by atoms with Crippen molar-refractivity contribution in [2.24, 2.45) is 5.73 Å². The molecular formula is C11H14F3NO2. The van der Waals surface area contributed by atoms with Crippen molar-refractivity contribution in [2.75, 3.05) is 7.11 Å². The van der Waals surface area contributed by atoms with Crippen molar-refractivity contribution in [1.29, 1.82) is 0 Å². The normalized spacial score (nSPS) is 13.5. The monoisotopic (exact) mass is 249 g/mol. The van der Waals surface area contributed by atoms with Gasteiger partial charge in [-0.3, -0.25) is 0 Å². The van der Waals surface area contributed by atoms with Gasteiger partial charge in [-0.05, 0) is 25.0 Å². The topological polar surface area (TPSA) is 55.5 Å². The Hall–Kier alpha value is -1.43. The smallest absolute Gasteiger partial charge is 0.420 e. The zero-order valence-electron chi connectivity index (χ0n) is 9.51. The van der Waals surface area contributed by atoms with Gasteiger partial charge in [0.15, 0.2) is 11.5 Å². The van der Waals surface area contributed by atoms with Crippen LogP contribution in [0.3, 0.4) is 0 Å². The lowest BCUT2D eigenvalue weighted by molar-refractivity contribution is -0.138. The van der Waals surface area contributed by atoms with Gasteiger partial charge < -0.3 is 15.6 Å². The van der Waals surface area contributed by atoms with Gasteiger partial charge in [0.25, 0.3) is 0 Å². The number of phenolic OH excluding ortho intramolecular Hbond substituents is 1. The van der Waals surface area contributed by atoms with E-state index in [4.69, 9.17) is 5.73 Å². The van der Waals surface area contributed by atoms with Gasteiger partial charge in [0.05, 0.1) is 7.11 Å². The van der Waals surface area contributed by atoms with Crippen LogP contribution in [0.25, 0.3) is 0 Å². The summed E-state index contributed by atoms with van der Waals surface area (Å²) in [5.41, 5.74) is 4.88. The number of hydrogen-bond donors (Lipinski definition) is 2. The SMILES string of the molecule is COc1c(C(F)(F)F)ccc(CC(C)N)c1O. The van der Waals surface area contributed by atoms with Crippen molar-refractivity contribution in [3.05, 3.63) is 23.3 Å². The standard InChI is InChI=1S/C11H14F3NO2/c1-6(15)5-7-3-4-8(11(12,13)14)10(17-2)9(7)16/h3-4,6,16H,5,15H2,1-2H3. The molecule has 0 amide bonds. The molecule has 0 radical (unpaired) electrons. The molecule has 96 valence electrons. The van der Waals surface area contributed by atoms with Crippen LogP contribution >= 0.6 is 0 Å². The predicted octanol–water partition coefficient (Wildman–Crippen LogP) is 2.31. The molecule has 1 rings (SSSR count). The van der Waals surface area contributed by atoms with Crippen LogP contribution in [0, 0.1) is 0 Å². The zero-order valence-corrected chi connectivity index (χ0v) is 9.51. The fourth-order valence-corrected chi connectivity index (χ4v) is 1.55. The summed E-state index contributed by atoms with van der Waals surface area (Å²) < 4.78 is 42.4. The van der Waals surface area contributed by atoms with Crippen molar-refractivity contribution in [3.8, 4) is 11.5 Å². The highest BCUT2D eigenvalue weighted by atomic mass is 19.4. The summed E-state index contributed by atoms with van der Waals surface area (Å²) in [6.07, 6.45) is -4.28. The summed E-state index contributed by atoms with van der Waals surface area (Å²) in [5.74, 6) is -1.06. The Balaban J connectivity index is 3.27. The molecule has 0 fully saturated rings. The molecule has 1 atom stereocenters. The first-order chi connectivity index (χ1) is 7.77. The first-order valence-corrected chi connectivity index (χ1v) is 4.99. The van der Waals surface area contributed by atoms with E-state index >= 15 is 0 Å². The molecule has 3 nitrogen and oxygen atoms in total. The average molecular weight is 249 g/mol. The van der Waals surface area contributed by atoms with E-state index in [1.54, 1.807) is 6.92 Å². The molecule has 17 heavy (non-hydrogen) atoms. The number of halogens is 3. The van der Waals surface area contributed by atoms with Gasteiger partial charge in [0.1, 0.15) is 5.56 Å². The number of phenols is 1. The molecule has 1 aromatic carbocycles.